The van der Waals surface area contributed by atoms with Gasteiger partial charge in [0.15, 0.2) is 11.0 Å². The molecule has 3 aromatic rings. The van der Waals surface area contributed by atoms with Crippen molar-refractivity contribution >= 4 is 23.4 Å². The first-order valence-electron chi connectivity index (χ1n) is 8.38. The first-order valence-corrected chi connectivity index (χ1v) is 9.26. The molecule has 0 aliphatic rings. The van der Waals surface area contributed by atoms with E-state index in [4.69, 9.17) is 0 Å². The molecule has 0 bridgehead atoms. The number of thioether (sulfide) groups is 1. The van der Waals surface area contributed by atoms with Crippen molar-refractivity contribution in [2.24, 2.45) is 0 Å². The first-order chi connectivity index (χ1) is 13.0. The van der Waals surface area contributed by atoms with Crippen LogP contribution in [0.15, 0.2) is 59.8 Å². The molecule has 0 spiro atoms. The van der Waals surface area contributed by atoms with Gasteiger partial charge in [-0.25, -0.2) is 4.39 Å². The van der Waals surface area contributed by atoms with E-state index in [0.717, 1.165) is 23.0 Å². The quantitative estimate of drug-likeness (QED) is 0.576. The molecule has 0 fully saturated rings. The van der Waals surface area contributed by atoms with E-state index in [9.17, 15) is 14.3 Å². The number of hydrogen-bond donors (Lipinski definition) is 2. The van der Waals surface area contributed by atoms with Crippen molar-refractivity contribution in [2.45, 2.75) is 30.4 Å². The Morgan fingerprint density at radius 2 is 1.89 bits per heavy atom. The molecule has 1 unspecified atom stereocenters. The van der Waals surface area contributed by atoms with E-state index in [2.05, 4.69) is 15.5 Å². The summed E-state index contributed by atoms with van der Waals surface area (Å²) in [4.78, 5) is 11.2. The lowest BCUT2D eigenvalue weighted by molar-refractivity contribution is -0.136. The van der Waals surface area contributed by atoms with E-state index in [0.29, 0.717) is 24.1 Å². The molecule has 0 aliphatic carbocycles. The molecule has 2 aromatic carbocycles. The van der Waals surface area contributed by atoms with Crippen molar-refractivity contribution in [3.8, 4) is 0 Å². The number of hydrogen-bond acceptors (Lipinski definition) is 5. The molecule has 1 atom stereocenters. The number of carboxylic acid groups (broad SMARTS) is 1. The topological polar surface area (TPSA) is 80.0 Å². The van der Waals surface area contributed by atoms with Crippen LogP contribution in [-0.4, -0.2) is 31.1 Å². The second-order valence-corrected chi connectivity index (χ2v) is 7.24. The predicted octanol–water partition coefficient (Wildman–Crippen LogP) is 3.64. The SMILES string of the molecule is CC(Sc1nnc(CNc2ccc(F)cc2)n1Cc1ccccc1)C(=O)O. The fourth-order valence-electron chi connectivity index (χ4n) is 2.42. The highest BCUT2D eigenvalue weighted by Crippen LogP contribution is 2.24. The summed E-state index contributed by atoms with van der Waals surface area (Å²) in [6.07, 6.45) is 0. The summed E-state index contributed by atoms with van der Waals surface area (Å²) in [5.41, 5.74) is 1.82. The minimum absolute atomic E-state index is 0.297. The number of aliphatic carboxylic acids is 1. The molecule has 0 aliphatic heterocycles. The standard InChI is InChI=1S/C19H19FN4O2S/c1-13(18(25)26)27-19-23-22-17(11-21-16-9-7-15(20)8-10-16)24(19)12-14-5-3-2-4-6-14/h2-10,13,21H,11-12H2,1H3,(H,25,26). The summed E-state index contributed by atoms with van der Waals surface area (Å²) in [7, 11) is 0. The van der Waals surface area contributed by atoms with Gasteiger partial charge in [0.25, 0.3) is 0 Å². The molecule has 8 heteroatoms. The van der Waals surface area contributed by atoms with Gasteiger partial charge in [-0.2, -0.15) is 0 Å². The number of halogens is 1. The normalized spacial score (nSPS) is 11.9. The number of rotatable bonds is 8. The van der Waals surface area contributed by atoms with Gasteiger partial charge in [-0.3, -0.25) is 4.79 Å². The molecular weight excluding hydrogens is 367 g/mol. The van der Waals surface area contributed by atoms with Crippen LogP contribution in [0.3, 0.4) is 0 Å². The molecule has 0 saturated carbocycles. The van der Waals surface area contributed by atoms with Crippen molar-refractivity contribution < 1.29 is 14.3 Å². The Morgan fingerprint density at radius 3 is 2.56 bits per heavy atom. The minimum atomic E-state index is -0.903. The summed E-state index contributed by atoms with van der Waals surface area (Å²) < 4.78 is 14.9. The average Bonchev–Trinajstić information content (AvgIpc) is 3.03. The maximum absolute atomic E-state index is 13.0. The van der Waals surface area contributed by atoms with Crippen molar-refractivity contribution in [1.82, 2.24) is 14.8 Å². The Labute approximate surface area is 160 Å². The van der Waals surface area contributed by atoms with E-state index in [1.165, 1.54) is 12.1 Å². The van der Waals surface area contributed by atoms with Crippen molar-refractivity contribution in [1.29, 1.82) is 0 Å². The van der Waals surface area contributed by atoms with Gasteiger partial charge in [0.1, 0.15) is 11.1 Å². The molecule has 140 valence electrons. The summed E-state index contributed by atoms with van der Waals surface area (Å²) >= 11 is 1.15. The number of nitrogens with one attached hydrogen (secondary N) is 1. The van der Waals surface area contributed by atoms with Crippen LogP contribution in [0, 0.1) is 5.82 Å². The minimum Gasteiger partial charge on any atom is -0.480 e. The summed E-state index contributed by atoms with van der Waals surface area (Å²) in [6.45, 7) is 2.53. The van der Waals surface area contributed by atoms with Crippen LogP contribution in [-0.2, 0) is 17.9 Å². The predicted molar refractivity (Wildman–Crippen MR) is 102 cm³/mol. The maximum Gasteiger partial charge on any atom is 0.316 e. The lowest BCUT2D eigenvalue weighted by Gasteiger charge is -2.12. The van der Waals surface area contributed by atoms with Gasteiger partial charge in [0.05, 0.1) is 13.1 Å². The van der Waals surface area contributed by atoms with Gasteiger partial charge in [-0.15, -0.1) is 10.2 Å². The van der Waals surface area contributed by atoms with Crippen LogP contribution in [0.1, 0.15) is 18.3 Å². The van der Waals surface area contributed by atoms with Gasteiger partial charge < -0.3 is 15.0 Å². The van der Waals surface area contributed by atoms with Gasteiger partial charge in [-0.1, -0.05) is 42.1 Å². The number of anilines is 1. The lowest BCUT2D eigenvalue weighted by Crippen LogP contribution is -2.15. The molecule has 2 N–H and O–H groups in total. The largest absolute Gasteiger partial charge is 0.480 e. The molecule has 0 radical (unpaired) electrons. The second-order valence-electron chi connectivity index (χ2n) is 5.93. The Hall–Kier alpha value is -2.87. The molecule has 1 aromatic heterocycles. The van der Waals surface area contributed by atoms with Crippen molar-refractivity contribution in [2.75, 3.05) is 5.32 Å². The van der Waals surface area contributed by atoms with Crippen LogP contribution >= 0.6 is 11.8 Å². The molecular formula is C19H19FN4O2S. The average molecular weight is 386 g/mol. The smallest absolute Gasteiger partial charge is 0.316 e. The third-order valence-corrected chi connectivity index (χ3v) is 4.97. The monoisotopic (exact) mass is 386 g/mol. The van der Waals surface area contributed by atoms with E-state index < -0.39 is 11.2 Å². The van der Waals surface area contributed by atoms with Crippen LogP contribution in [0.2, 0.25) is 0 Å². The molecule has 6 nitrogen and oxygen atoms in total. The maximum atomic E-state index is 13.0. The van der Waals surface area contributed by atoms with E-state index >= 15 is 0 Å². The van der Waals surface area contributed by atoms with Crippen LogP contribution in [0.4, 0.5) is 10.1 Å². The summed E-state index contributed by atoms with van der Waals surface area (Å²) in [6, 6.07) is 15.9. The number of carbonyl (C=O) groups is 1. The zero-order chi connectivity index (χ0) is 19.2. The number of nitrogens with zero attached hydrogens (tertiary/aromatic N) is 3. The van der Waals surface area contributed by atoms with Crippen molar-refractivity contribution in [3.05, 3.63) is 71.8 Å². The molecule has 1 heterocycles. The number of benzene rings is 2. The zero-order valence-electron chi connectivity index (χ0n) is 14.7. The fraction of sp³-hybridized carbons (Fsp3) is 0.211. The highest BCUT2D eigenvalue weighted by Gasteiger charge is 2.19. The number of carboxylic acids is 1. The highest BCUT2D eigenvalue weighted by atomic mass is 32.2. The van der Waals surface area contributed by atoms with Gasteiger partial charge in [0, 0.05) is 5.69 Å². The highest BCUT2D eigenvalue weighted by molar-refractivity contribution is 8.00. The van der Waals surface area contributed by atoms with Gasteiger partial charge in [0.2, 0.25) is 0 Å². The van der Waals surface area contributed by atoms with E-state index in [1.807, 2.05) is 34.9 Å². The first kappa shape index (κ1) is 18.9. The van der Waals surface area contributed by atoms with Crippen LogP contribution in [0.25, 0.3) is 0 Å². The second kappa shape index (κ2) is 8.68. The molecule has 0 amide bonds. The lowest BCUT2D eigenvalue weighted by atomic mass is 10.2. The van der Waals surface area contributed by atoms with Gasteiger partial charge in [-0.05, 0) is 36.8 Å². The number of aromatic nitrogens is 3. The molecule has 0 saturated heterocycles. The van der Waals surface area contributed by atoms with Gasteiger partial charge >= 0.3 is 5.97 Å². The van der Waals surface area contributed by atoms with Crippen molar-refractivity contribution in [3.63, 3.8) is 0 Å². The Kier molecular flexibility index (Phi) is 6.08. The third-order valence-electron chi connectivity index (χ3n) is 3.90. The fourth-order valence-corrected chi connectivity index (χ4v) is 3.22. The van der Waals surface area contributed by atoms with Crippen LogP contribution in [0.5, 0.6) is 0 Å². The molecule has 27 heavy (non-hydrogen) atoms. The van der Waals surface area contributed by atoms with E-state index in [-0.39, 0.29) is 5.82 Å². The van der Waals surface area contributed by atoms with E-state index in [1.54, 1.807) is 19.1 Å². The van der Waals surface area contributed by atoms with Crippen LogP contribution < -0.4 is 5.32 Å². The molecule has 3 rings (SSSR count). The Balaban J connectivity index is 1.82. The summed E-state index contributed by atoms with van der Waals surface area (Å²) in [5.74, 6) is -0.530. The third kappa shape index (κ3) is 5.07. The Morgan fingerprint density at radius 1 is 1.19 bits per heavy atom. The zero-order valence-corrected chi connectivity index (χ0v) is 15.5. The Bertz CT molecular complexity index is 900. The summed E-state index contributed by atoms with van der Waals surface area (Å²) in [5, 5.41) is 20.7.